The van der Waals surface area contributed by atoms with E-state index < -0.39 is 20.2 Å². The molecule has 0 unspecified atom stereocenters. The Morgan fingerprint density at radius 2 is 1.00 bits per heavy atom. The lowest BCUT2D eigenvalue weighted by molar-refractivity contribution is 0.470. The van der Waals surface area contributed by atoms with Gasteiger partial charge in [0.1, 0.15) is 11.5 Å². The maximum atomic E-state index is 9.59. The number of ether oxygens (including phenoxy) is 1. The van der Waals surface area contributed by atoms with Crippen molar-refractivity contribution in [2.45, 2.75) is 27.7 Å². The summed E-state index contributed by atoms with van der Waals surface area (Å²) in [6.45, 7) is 8.00. The molecule has 9 heteroatoms. The van der Waals surface area contributed by atoms with E-state index in [4.69, 9.17) is 19.1 Å². The number of hydrogen-bond acceptors (Lipinski definition) is 7. The molecule has 7 nitrogen and oxygen atoms in total. The highest BCUT2D eigenvalue weighted by atomic mass is 32.2. The van der Waals surface area contributed by atoms with Gasteiger partial charge in [0.05, 0.1) is 16.4 Å². The third-order valence-electron chi connectivity index (χ3n) is 1.72. The topological polar surface area (TPSA) is 121 Å². The highest BCUT2D eigenvalue weighted by Gasteiger charge is 1.92. The van der Waals surface area contributed by atoms with E-state index in [0.717, 1.165) is 17.8 Å². The highest BCUT2D eigenvalue weighted by molar-refractivity contribution is 7.85. The monoisotopic (exact) mass is 422 g/mol. The summed E-state index contributed by atoms with van der Waals surface area (Å²) in [5.74, 6) is 1.74. The Balaban J connectivity index is -0.000000353. The Bertz CT molecular complexity index is 734. The fourth-order valence-corrected chi connectivity index (χ4v) is 1.11. The predicted molar refractivity (Wildman–Crippen MR) is 109 cm³/mol. The molecule has 27 heavy (non-hydrogen) atoms. The Morgan fingerprint density at radius 3 is 1.19 bits per heavy atom. The van der Waals surface area contributed by atoms with Crippen molar-refractivity contribution in [3.05, 3.63) is 60.7 Å². The van der Waals surface area contributed by atoms with Crippen LogP contribution in [0.1, 0.15) is 27.7 Å². The SMILES string of the molecule is CC.CC.CS(=O)(=O)[O-].[2H]OS(C)(=O)=O.c1ccc(Oc2ccccc2)cc1. The molecule has 0 radical (unpaired) electrons. The van der Waals surface area contributed by atoms with Gasteiger partial charge in [-0.1, -0.05) is 64.1 Å². The van der Waals surface area contributed by atoms with Crippen LogP contribution in [-0.4, -0.2) is 38.5 Å². The third-order valence-corrected chi connectivity index (χ3v) is 1.72. The molecule has 0 aliphatic heterocycles. The van der Waals surface area contributed by atoms with Crippen LogP contribution in [0.15, 0.2) is 60.7 Å². The molecular formula is C18H29O7S2-. The van der Waals surface area contributed by atoms with Gasteiger partial charge in [-0.05, 0) is 24.3 Å². The Hall–Kier alpha value is -1.94. The van der Waals surface area contributed by atoms with Crippen molar-refractivity contribution in [3.8, 4) is 11.5 Å². The standard InChI is InChI=1S/C12H10O.2C2H6.2CH4O3S/c1-3-7-11(8-4-1)13-12-9-5-2-6-10-12;2*1-2;2*1-5(2,3)4/h1-10H;2*1-2H3;2*1H3,(H,2,3,4)/p-1/i/hD. The maximum Gasteiger partial charge on any atom is 0.261 e. The first-order valence-electron chi connectivity index (χ1n) is 8.45. The summed E-state index contributed by atoms with van der Waals surface area (Å²) in [5, 5.41) is 0. The van der Waals surface area contributed by atoms with Gasteiger partial charge in [0.15, 0.2) is 0 Å². The second kappa shape index (κ2) is 17.5. The van der Waals surface area contributed by atoms with Crippen molar-refractivity contribution < 1.29 is 30.7 Å². The summed E-state index contributed by atoms with van der Waals surface area (Å²) in [5.41, 5.74) is 0. The quantitative estimate of drug-likeness (QED) is 0.736. The normalized spacial score (nSPS) is 9.81. The Morgan fingerprint density at radius 1 is 0.778 bits per heavy atom. The summed E-state index contributed by atoms with van der Waals surface area (Å²) < 4.78 is 60.9. The first kappa shape index (κ1) is 27.3. The van der Waals surface area contributed by atoms with Gasteiger partial charge in [-0.3, -0.25) is 4.56 Å². The van der Waals surface area contributed by atoms with Gasteiger partial charge in [-0.2, -0.15) is 8.42 Å². The first-order valence-corrected chi connectivity index (χ1v) is 11.7. The molecule has 0 aliphatic rings. The van der Waals surface area contributed by atoms with Crippen LogP contribution >= 0.6 is 0 Å². The summed E-state index contributed by atoms with van der Waals surface area (Å²) in [4.78, 5) is 0. The number of benzene rings is 2. The molecule has 2 aromatic rings. The van der Waals surface area contributed by atoms with Gasteiger partial charge in [0, 0.05) is 6.26 Å². The van der Waals surface area contributed by atoms with Crippen molar-refractivity contribution in [2.24, 2.45) is 0 Å². The van der Waals surface area contributed by atoms with E-state index in [0.29, 0.717) is 6.26 Å². The molecule has 0 saturated carbocycles. The molecule has 0 aliphatic carbocycles. The van der Waals surface area contributed by atoms with Gasteiger partial charge >= 0.3 is 0 Å². The van der Waals surface area contributed by atoms with E-state index in [9.17, 15) is 8.42 Å². The number of hydrogen-bond donors (Lipinski definition) is 1. The van der Waals surface area contributed by atoms with E-state index in [1.54, 1.807) is 0 Å². The van der Waals surface area contributed by atoms with Crippen molar-refractivity contribution in [1.29, 1.82) is 1.43 Å². The van der Waals surface area contributed by atoms with Crippen LogP contribution in [0.2, 0.25) is 0 Å². The molecule has 0 aromatic heterocycles. The largest absolute Gasteiger partial charge is 0.748 e. The molecule has 0 fully saturated rings. The minimum Gasteiger partial charge on any atom is -0.748 e. The van der Waals surface area contributed by atoms with E-state index >= 15 is 0 Å². The fourth-order valence-electron chi connectivity index (χ4n) is 1.11. The van der Waals surface area contributed by atoms with Crippen molar-refractivity contribution in [3.63, 3.8) is 0 Å². The van der Waals surface area contributed by atoms with E-state index in [-0.39, 0.29) is 0 Å². The smallest absolute Gasteiger partial charge is 0.261 e. The maximum absolute atomic E-state index is 9.59. The van der Waals surface area contributed by atoms with Gasteiger partial charge in [0.2, 0.25) is 1.43 Å². The van der Waals surface area contributed by atoms with Crippen LogP contribution in [0.25, 0.3) is 1.43 Å². The predicted octanol–water partition coefficient (Wildman–Crippen LogP) is 4.20. The van der Waals surface area contributed by atoms with Crippen molar-refractivity contribution in [1.82, 2.24) is 0 Å². The lowest BCUT2D eigenvalue weighted by Crippen LogP contribution is -1.88. The van der Waals surface area contributed by atoms with E-state index in [1.165, 1.54) is 0 Å². The average molecular weight is 423 g/mol. The fraction of sp³-hybridized carbons (Fsp3) is 0.333. The molecule has 156 valence electrons. The Labute approximate surface area is 165 Å². The van der Waals surface area contributed by atoms with Crippen LogP contribution in [0, 0.1) is 0 Å². The second-order valence-corrected chi connectivity index (χ2v) is 6.95. The van der Waals surface area contributed by atoms with Crippen LogP contribution in [0.4, 0.5) is 0 Å². The first-order chi connectivity index (χ1) is 13.0. The van der Waals surface area contributed by atoms with Gasteiger partial charge in [0.25, 0.3) is 10.1 Å². The highest BCUT2D eigenvalue weighted by Crippen LogP contribution is 2.19. The molecule has 0 heterocycles. The van der Waals surface area contributed by atoms with Crippen molar-refractivity contribution >= 4 is 20.2 Å². The van der Waals surface area contributed by atoms with Gasteiger partial charge < -0.3 is 9.29 Å². The molecule has 0 bridgehead atoms. The zero-order valence-electron chi connectivity index (χ0n) is 17.4. The summed E-state index contributed by atoms with van der Waals surface area (Å²) >= 11 is 0. The van der Waals surface area contributed by atoms with Gasteiger partial charge in [-0.25, -0.2) is 8.42 Å². The molecule has 2 rings (SSSR count). The van der Waals surface area contributed by atoms with E-state index in [1.807, 2.05) is 88.4 Å². The summed E-state index contributed by atoms with van der Waals surface area (Å²) in [6, 6.07) is 19.5. The number of rotatable bonds is 3. The molecule has 0 saturated heterocycles. The third kappa shape index (κ3) is 35.9. The zero-order valence-corrected chi connectivity index (χ0v) is 18.1. The molecule has 0 atom stereocenters. The molecule has 0 amide bonds. The van der Waals surface area contributed by atoms with Gasteiger partial charge in [-0.15, -0.1) is 0 Å². The lowest BCUT2D eigenvalue weighted by atomic mass is 10.3. The second-order valence-electron chi connectivity index (χ2n) is 4.14. The minimum absolute atomic E-state index is 0.604. The Kier molecular flexibility index (Phi) is 17.7. The summed E-state index contributed by atoms with van der Waals surface area (Å²) in [6.07, 6.45) is 1.41. The lowest BCUT2D eigenvalue weighted by Gasteiger charge is -2.03. The molecule has 2 aromatic carbocycles. The van der Waals surface area contributed by atoms with Crippen molar-refractivity contribution in [2.75, 3.05) is 12.5 Å². The van der Waals surface area contributed by atoms with Crippen LogP contribution in [-0.2, 0) is 20.2 Å². The minimum atomic E-state index is -3.92. The number of para-hydroxylation sites is 2. The van der Waals surface area contributed by atoms with E-state index in [2.05, 4.69) is 4.56 Å². The molecule has 0 spiro atoms. The molecule has 1 N–H and O–H groups in total. The summed E-state index contributed by atoms with van der Waals surface area (Å²) in [7, 11) is -7.41. The molecular weight excluding hydrogens is 392 g/mol. The zero-order chi connectivity index (χ0) is 22.6. The van der Waals surface area contributed by atoms with Crippen LogP contribution in [0.5, 0.6) is 11.5 Å². The van der Waals surface area contributed by atoms with Crippen LogP contribution < -0.4 is 4.74 Å². The average Bonchev–Trinajstić information content (AvgIpc) is 2.65. The van der Waals surface area contributed by atoms with Crippen LogP contribution in [0.3, 0.4) is 0 Å².